The Balaban J connectivity index is 0.00000121. The second-order valence-electron chi connectivity index (χ2n) is 2.60. The molecule has 7 heteroatoms. The Bertz CT molecular complexity index is 173. The van der Waals surface area contributed by atoms with Crippen molar-refractivity contribution in [3.05, 3.63) is 0 Å². The maximum Gasteiger partial charge on any atom is 1.00 e. The Morgan fingerprint density at radius 3 is 2.33 bits per heavy atom. The first kappa shape index (κ1) is 13.0. The zero-order valence-electron chi connectivity index (χ0n) is 6.73. The van der Waals surface area contributed by atoms with Gasteiger partial charge in [-0.15, -0.1) is 0 Å². The van der Waals surface area contributed by atoms with Gasteiger partial charge in [-0.05, 0) is 6.42 Å². The van der Waals surface area contributed by atoms with Crippen LogP contribution < -0.4 is 51.4 Å². The predicted molar refractivity (Wildman–Crippen MR) is 33.0 cm³/mol. The number of carbonyl (C=O) groups is 1. The molecule has 0 aromatic carbocycles. The molecule has 0 saturated carbocycles. The third-order valence-electron chi connectivity index (χ3n) is 1.72. The second-order valence-corrected chi connectivity index (χ2v) is 2.60. The number of rotatable bonds is 1. The van der Waals surface area contributed by atoms with Crippen molar-refractivity contribution in [1.29, 1.82) is 0 Å². The second kappa shape index (κ2) is 5.00. The van der Waals surface area contributed by atoms with Crippen LogP contribution >= 0.6 is 0 Å². The van der Waals surface area contributed by atoms with Crippen LogP contribution in [0.2, 0.25) is 5.82 Å². The van der Waals surface area contributed by atoms with Gasteiger partial charge in [-0.2, -0.15) is 0 Å². The summed E-state index contributed by atoms with van der Waals surface area (Å²) in [5.41, 5.74) is 0. The minimum Gasteiger partial charge on any atom is -0.466 e. The molecule has 0 spiro atoms. The summed E-state index contributed by atoms with van der Waals surface area (Å²) in [6, 6.07) is 0. The van der Waals surface area contributed by atoms with Gasteiger partial charge in [0, 0.05) is 6.42 Å². The Morgan fingerprint density at radius 2 is 2.00 bits per heavy atom. The molecule has 0 radical (unpaired) electrons. The standard InChI is InChI=1S/C5H7BF3O2.K/c7-6(8,9)4-1-2-11-5(10)3-4;/h4H,1-3H2;/q-1;+1. The van der Waals surface area contributed by atoms with Gasteiger partial charge in [0.05, 0.1) is 6.61 Å². The van der Waals surface area contributed by atoms with Crippen LogP contribution in [0.1, 0.15) is 12.8 Å². The summed E-state index contributed by atoms with van der Waals surface area (Å²) >= 11 is 0. The van der Waals surface area contributed by atoms with Gasteiger partial charge < -0.3 is 17.7 Å². The van der Waals surface area contributed by atoms with E-state index in [1.807, 2.05) is 0 Å². The van der Waals surface area contributed by atoms with E-state index in [9.17, 15) is 17.7 Å². The molecule has 1 saturated heterocycles. The van der Waals surface area contributed by atoms with Gasteiger partial charge >= 0.3 is 64.3 Å². The van der Waals surface area contributed by atoms with Crippen LogP contribution in [0.3, 0.4) is 0 Å². The fourth-order valence-electron chi connectivity index (χ4n) is 1.02. The summed E-state index contributed by atoms with van der Waals surface area (Å²) in [6.45, 7) is -4.95. The molecule has 1 aliphatic rings. The fraction of sp³-hybridized carbons (Fsp3) is 0.800. The summed E-state index contributed by atoms with van der Waals surface area (Å²) in [6.07, 6.45) is -0.571. The molecule has 0 aliphatic carbocycles. The van der Waals surface area contributed by atoms with Crippen LogP contribution in [0, 0.1) is 0 Å². The van der Waals surface area contributed by atoms with Crippen LogP contribution in [0.4, 0.5) is 12.9 Å². The molecule has 1 atom stereocenters. The molecule has 1 fully saturated rings. The molecule has 12 heavy (non-hydrogen) atoms. The molecule has 1 aliphatic heterocycles. The smallest absolute Gasteiger partial charge is 0.466 e. The van der Waals surface area contributed by atoms with Crippen LogP contribution in [0.25, 0.3) is 0 Å². The van der Waals surface area contributed by atoms with Crippen molar-refractivity contribution in [3.63, 3.8) is 0 Å². The Morgan fingerprint density at radius 1 is 1.42 bits per heavy atom. The maximum absolute atomic E-state index is 12.0. The number of halogens is 3. The van der Waals surface area contributed by atoms with Crippen molar-refractivity contribution < 1.29 is 73.9 Å². The van der Waals surface area contributed by atoms with E-state index in [4.69, 9.17) is 0 Å². The van der Waals surface area contributed by atoms with Crippen molar-refractivity contribution in [3.8, 4) is 0 Å². The summed E-state index contributed by atoms with van der Waals surface area (Å²) in [7, 11) is 0. The number of carbonyl (C=O) groups excluding carboxylic acids is 1. The molecule has 0 N–H and O–H groups in total. The molecule has 1 unspecified atom stereocenters. The number of ether oxygens (including phenoxy) is 1. The van der Waals surface area contributed by atoms with Crippen molar-refractivity contribution in [1.82, 2.24) is 0 Å². The Kier molecular flexibility index (Phi) is 5.40. The molecule has 0 aromatic heterocycles. The fourth-order valence-corrected chi connectivity index (χ4v) is 1.02. The van der Waals surface area contributed by atoms with E-state index in [1.165, 1.54) is 0 Å². The molecule has 1 heterocycles. The monoisotopic (exact) mass is 206 g/mol. The van der Waals surface area contributed by atoms with E-state index >= 15 is 0 Å². The topological polar surface area (TPSA) is 26.3 Å². The molecule has 0 aromatic rings. The van der Waals surface area contributed by atoms with Crippen LogP contribution in [-0.2, 0) is 9.53 Å². The van der Waals surface area contributed by atoms with E-state index < -0.39 is 25.2 Å². The third-order valence-corrected chi connectivity index (χ3v) is 1.72. The number of hydrogen-bond acceptors (Lipinski definition) is 2. The van der Waals surface area contributed by atoms with Gasteiger partial charge in [0.1, 0.15) is 0 Å². The molecule has 64 valence electrons. The number of hydrogen-bond donors (Lipinski definition) is 0. The molecule has 0 amide bonds. The van der Waals surface area contributed by atoms with Gasteiger partial charge in [0.15, 0.2) is 0 Å². The maximum atomic E-state index is 12.0. The predicted octanol–water partition coefficient (Wildman–Crippen LogP) is -1.45. The minimum atomic E-state index is -4.86. The van der Waals surface area contributed by atoms with Gasteiger partial charge in [0.25, 0.3) is 0 Å². The summed E-state index contributed by atoms with van der Waals surface area (Å²) in [4.78, 5) is 10.4. The van der Waals surface area contributed by atoms with Gasteiger partial charge in [-0.3, -0.25) is 4.79 Å². The SMILES string of the molecule is O=C1CC([B-](F)(F)F)CCO1.[K+]. The Labute approximate surface area is 111 Å². The molecular formula is C5H7BF3KO2. The summed E-state index contributed by atoms with van der Waals surface area (Å²) in [5, 5.41) is 0. The minimum absolute atomic E-state index is 0. The number of cyclic esters (lactones) is 1. The summed E-state index contributed by atoms with van der Waals surface area (Å²) in [5.74, 6) is -2.17. The zero-order chi connectivity index (χ0) is 8.48. The van der Waals surface area contributed by atoms with E-state index in [2.05, 4.69) is 4.74 Å². The van der Waals surface area contributed by atoms with Crippen LogP contribution in [0.5, 0.6) is 0 Å². The molecule has 0 bridgehead atoms. The van der Waals surface area contributed by atoms with Gasteiger partial charge in [0.2, 0.25) is 0 Å². The normalized spacial score (nSPS) is 24.2. The zero-order valence-corrected chi connectivity index (χ0v) is 9.85. The first-order chi connectivity index (χ1) is 5.00. The summed E-state index contributed by atoms with van der Waals surface area (Å²) < 4.78 is 40.3. The van der Waals surface area contributed by atoms with Gasteiger partial charge in [-0.1, -0.05) is 5.82 Å². The average Bonchev–Trinajstić information content (AvgIpc) is 1.86. The molecule has 1 rings (SSSR count). The van der Waals surface area contributed by atoms with Crippen LogP contribution in [-0.4, -0.2) is 19.6 Å². The van der Waals surface area contributed by atoms with Crippen LogP contribution in [0.15, 0.2) is 0 Å². The van der Waals surface area contributed by atoms with Crippen molar-refractivity contribution in [2.45, 2.75) is 18.7 Å². The first-order valence-electron chi connectivity index (χ1n) is 3.35. The van der Waals surface area contributed by atoms with Crippen molar-refractivity contribution in [2.75, 3.05) is 6.61 Å². The van der Waals surface area contributed by atoms with E-state index in [-0.39, 0.29) is 64.4 Å². The largest absolute Gasteiger partial charge is 1.00 e. The quantitative estimate of drug-likeness (QED) is 0.387. The van der Waals surface area contributed by atoms with Crippen molar-refractivity contribution >= 4 is 12.9 Å². The average molecular weight is 206 g/mol. The molecule has 2 nitrogen and oxygen atoms in total. The van der Waals surface area contributed by atoms with E-state index in [0.717, 1.165) is 0 Å². The molecular weight excluding hydrogens is 199 g/mol. The first-order valence-corrected chi connectivity index (χ1v) is 3.35. The number of esters is 1. The van der Waals surface area contributed by atoms with Gasteiger partial charge in [-0.25, -0.2) is 0 Å². The Hall–Kier alpha value is 0.961. The van der Waals surface area contributed by atoms with Crippen molar-refractivity contribution in [2.24, 2.45) is 0 Å². The third kappa shape index (κ3) is 3.78. The van der Waals surface area contributed by atoms with E-state index in [0.29, 0.717) is 0 Å². The van der Waals surface area contributed by atoms with E-state index in [1.54, 1.807) is 0 Å².